The first-order chi connectivity index (χ1) is 8.74. The van der Waals surface area contributed by atoms with Gasteiger partial charge in [-0.1, -0.05) is 6.08 Å². The third-order valence-corrected chi connectivity index (χ3v) is 2.97. The fourth-order valence-electron chi connectivity index (χ4n) is 2.00. The standard InChI is InChI=1S/C14H12N2O2/c17-13-6-5-9(7-14(13)18)12-8-15-10-3-1-2-4-11(10)16-12/h1,3,5-8,17-18H,2,4H2. The lowest BCUT2D eigenvalue weighted by Gasteiger charge is -2.10. The van der Waals surface area contributed by atoms with Crippen molar-refractivity contribution in [2.24, 2.45) is 0 Å². The lowest BCUT2D eigenvalue weighted by molar-refractivity contribution is 0.404. The van der Waals surface area contributed by atoms with Crippen LogP contribution in [0.2, 0.25) is 0 Å². The van der Waals surface area contributed by atoms with Gasteiger partial charge in [-0.05, 0) is 37.1 Å². The van der Waals surface area contributed by atoms with Gasteiger partial charge in [-0.3, -0.25) is 4.98 Å². The van der Waals surface area contributed by atoms with Crippen molar-refractivity contribution in [1.29, 1.82) is 0 Å². The molecule has 1 aromatic heterocycles. The van der Waals surface area contributed by atoms with Gasteiger partial charge in [-0.2, -0.15) is 0 Å². The van der Waals surface area contributed by atoms with Gasteiger partial charge in [-0.25, -0.2) is 4.98 Å². The number of hydrogen-bond acceptors (Lipinski definition) is 4. The van der Waals surface area contributed by atoms with E-state index in [9.17, 15) is 10.2 Å². The van der Waals surface area contributed by atoms with E-state index in [2.05, 4.69) is 16.0 Å². The average Bonchev–Trinajstić information content (AvgIpc) is 2.41. The molecule has 0 spiro atoms. The molecule has 0 saturated carbocycles. The smallest absolute Gasteiger partial charge is 0.158 e. The minimum atomic E-state index is -0.146. The summed E-state index contributed by atoms with van der Waals surface area (Å²) in [6.45, 7) is 0. The Morgan fingerprint density at radius 1 is 1.11 bits per heavy atom. The number of hydrogen-bond donors (Lipinski definition) is 2. The van der Waals surface area contributed by atoms with E-state index in [4.69, 9.17) is 0 Å². The SMILES string of the molecule is Oc1ccc(-c2cnc3c(n2)CCC=C3)cc1O. The molecule has 3 rings (SSSR count). The first-order valence-electron chi connectivity index (χ1n) is 5.79. The highest BCUT2D eigenvalue weighted by Gasteiger charge is 2.10. The molecule has 0 radical (unpaired) electrons. The van der Waals surface area contributed by atoms with Crippen molar-refractivity contribution in [3.63, 3.8) is 0 Å². The van der Waals surface area contributed by atoms with E-state index in [-0.39, 0.29) is 11.5 Å². The van der Waals surface area contributed by atoms with Crippen LogP contribution in [0.3, 0.4) is 0 Å². The summed E-state index contributed by atoms with van der Waals surface area (Å²) in [5, 5.41) is 18.8. The van der Waals surface area contributed by atoms with Crippen LogP contribution in [0.1, 0.15) is 17.8 Å². The van der Waals surface area contributed by atoms with Crippen LogP contribution in [0.15, 0.2) is 30.5 Å². The van der Waals surface area contributed by atoms with Gasteiger partial charge in [0.2, 0.25) is 0 Å². The summed E-state index contributed by atoms with van der Waals surface area (Å²) >= 11 is 0. The predicted molar refractivity (Wildman–Crippen MR) is 68.2 cm³/mol. The van der Waals surface area contributed by atoms with E-state index in [1.807, 2.05) is 6.08 Å². The van der Waals surface area contributed by atoms with Crippen LogP contribution in [0.25, 0.3) is 17.3 Å². The molecule has 18 heavy (non-hydrogen) atoms. The van der Waals surface area contributed by atoms with Crippen LogP contribution < -0.4 is 0 Å². The number of nitrogens with zero attached hydrogens (tertiary/aromatic N) is 2. The Hall–Kier alpha value is -2.36. The Labute approximate surface area is 104 Å². The number of aromatic hydroxyl groups is 2. The second-order valence-electron chi connectivity index (χ2n) is 4.23. The van der Waals surface area contributed by atoms with Crippen molar-refractivity contribution >= 4 is 6.08 Å². The number of rotatable bonds is 1. The monoisotopic (exact) mass is 240 g/mol. The number of fused-ring (bicyclic) bond motifs is 1. The van der Waals surface area contributed by atoms with Crippen molar-refractivity contribution in [2.75, 3.05) is 0 Å². The highest BCUT2D eigenvalue weighted by molar-refractivity contribution is 5.64. The summed E-state index contributed by atoms with van der Waals surface area (Å²) in [5.74, 6) is -0.278. The molecule has 0 atom stereocenters. The Bertz CT molecular complexity index is 636. The third kappa shape index (κ3) is 1.82. The molecule has 0 fully saturated rings. The van der Waals surface area contributed by atoms with Crippen LogP contribution in [0.5, 0.6) is 11.5 Å². The van der Waals surface area contributed by atoms with E-state index in [1.54, 1.807) is 12.3 Å². The highest BCUT2D eigenvalue weighted by atomic mass is 16.3. The Morgan fingerprint density at radius 2 is 2.00 bits per heavy atom. The normalized spacial score (nSPS) is 13.3. The molecule has 2 N–H and O–H groups in total. The number of allylic oxidation sites excluding steroid dienone is 1. The molecule has 90 valence electrons. The molecule has 2 aromatic rings. The summed E-state index contributed by atoms with van der Waals surface area (Å²) in [6.07, 6.45) is 7.61. The summed E-state index contributed by atoms with van der Waals surface area (Å²) in [5.41, 5.74) is 3.34. The predicted octanol–water partition coefficient (Wildman–Crippen LogP) is 2.51. The topological polar surface area (TPSA) is 66.2 Å². The number of phenolic OH excluding ortho intramolecular Hbond substituents is 2. The summed E-state index contributed by atoms with van der Waals surface area (Å²) < 4.78 is 0. The molecular formula is C14H12N2O2. The molecular weight excluding hydrogens is 228 g/mol. The second-order valence-corrected chi connectivity index (χ2v) is 4.23. The molecule has 1 aliphatic rings. The van der Waals surface area contributed by atoms with E-state index in [1.165, 1.54) is 12.1 Å². The van der Waals surface area contributed by atoms with Gasteiger partial charge in [0.25, 0.3) is 0 Å². The van der Waals surface area contributed by atoms with Crippen molar-refractivity contribution in [2.45, 2.75) is 12.8 Å². The van der Waals surface area contributed by atoms with E-state index >= 15 is 0 Å². The lowest BCUT2D eigenvalue weighted by atomic mass is 10.1. The molecule has 0 unspecified atom stereocenters. The van der Waals surface area contributed by atoms with Crippen molar-refractivity contribution in [3.05, 3.63) is 41.9 Å². The van der Waals surface area contributed by atoms with Crippen LogP contribution in [0, 0.1) is 0 Å². The van der Waals surface area contributed by atoms with Gasteiger partial charge in [0, 0.05) is 5.56 Å². The molecule has 1 aliphatic carbocycles. The maximum absolute atomic E-state index is 9.49. The quantitative estimate of drug-likeness (QED) is 0.752. The summed E-state index contributed by atoms with van der Waals surface area (Å²) in [6, 6.07) is 4.65. The van der Waals surface area contributed by atoms with E-state index in [0.29, 0.717) is 5.69 Å². The average molecular weight is 240 g/mol. The Kier molecular flexibility index (Phi) is 2.48. The van der Waals surface area contributed by atoms with Crippen molar-refractivity contribution < 1.29 is 10.2 Å². The molecule has 0 saturated heterocycles. The largest absolute Gasteiger partial charge is 0.504 e. The number of aromatic nitrogens is 2. The maximum Gasteiger partial charge on any atom is 0.158 e. The molecule has 1 heterocycles. The number of benzene rings is 1. The molecule has 4 nitrogen and oxygen atoms in total. The van der Waals surface area contributed by atoms with E-state index < -0.39 is 0 Å². The highest BCUT2D eigenvalue weighted by Crippen LogP contribution is 2.30. The van der Waals surface area contributed by atoms with Gasteiger partial charge >= 0.3 is 0 Å². The summed E-state index contributed by atoms with van der Waals surface area (Å²) in [7, 11) is 0. The third-order valence-electron chi connectivity index (χ3n) is 2.97. The molecule has 0 amide bonds. The van der Waals surface area contributed by atoms with Crippen LogP contribution >= 0.6 is 0 Å². The molecule has 4 heteroatoms. The van der Waals surface area contributed by atoms with Crippen LogP contribution in [0.4, 0.5) is 0 Å². The zero-order chi connectivity index (χ0) is 12.5. The maximum atomic E-state index is 9.49. The lowest BCUT2D eigenvalue weighted by Crippen LogP contribution is -2.01. The second kappa shape index (κ2) is 4.14. The van der Waals surface area contributed by atoms with Crippen molar-refractivity contribution in [3.8, 4) is 22.8 Å². The summed E-state index contributed by atoms with van der Waals surface area (Å²) in [4.78, 5) is 8.90. The van der Waals surface area contributed by atoms with Crippen LogP contribution in [-0.2, 0) is 6.42 Å². The number of aryl methyl sites for hydroxylation is 1. The van der Waals surface area contributed by atoms with E-state index in [0.717, 1.165) is 29.8 Å². The van der Waals surface area contributed by atoms with Gasteiger partial charge in [-0.15, -0.1) is 0 Å². The minimum Gasteiger partial charge on any atom is -0.504 e. The van der Waals surface area contributed by atoms with Gasteiger partial charge in [0.05, 0.1) is 23.3 Å². The van der Waals surface area contributed by atoms with Gasteiger partial charge in [0.1, 0.15) is 0 Å². The van der Waals surface area contributed by atoms with Crippen molar-refractivity contribution in [1.82, 2.24) is 9.97 Å². The van der Waals surface area contributed by atoms with Gasteiger partial charge in [0.15, 0.2) is 11.5 Å². The zero-order valence-corrected chi connectivity index (χ0v) is 9.67. The molecule has 0 bridgehead atoms. The van der Waals surface area contributed by atoms with Gasteiger partial charge < -0.3 is 10.2 Å². The molecule has 0 aliphatic heterocycles. The fourth-order valence-corrected chi connectivity index (χ4v) is 2.00. The minimum absolute atomic E-state index is 0.132. The first-order valence-corrected chi connectivity index (χ1v) is 5.79. The fraction of sp³-hybridized carbons (Fsp3) is 0.143. The number of phenols is 2. The zero-order valence-electron chi connectivity index (χ0n) is 9.67. The Balaban J connectivity index is 2.06. The first kappa shape index (κ1) is 10.8. The Morgan fingerprint density at radius 3 is 2.83 bits per heavy atom. The van der Waals surface area contributed by atoms with Crippen LogP contribution in [-0.4, -0.2) is 20.2 Å². The molecule has 1 aromatic carbocycles.